The summed E-state index contributed by atoms with van der Waals surface area (Å²) in [6.07, 6.45) is 0. The van der Waals surface area contributed by atoms with Crippen molar-refractivity contribution in [3.05, 3.63) is 77.6 Å². The van der Waals surface area contributed by atoms with Gasteiger partial charge in [0.25, 0.3) is 10.0 Å². The molecule has 0 spiro atoms. The van der Waals surface area contributed by atoms with Crippen LogP contribution in [-0.2, 0) is 10.0 Å². The van der Waals surface area contributed by atoms with Crippen molar-refractivity contribution in [3.63, 3.8) is 0 Å². The maximum atomic E-state index is 12.9. The number of benzene rings is 2. The minimum atomic E-state index is -3.80. The van der Waals surface area contributed by atoms with Crippen LogP contribution in [0, 0.1) is 6.92 Å². The van der Waals surface area contributed by atoms with Crippen molar-refractivity contribution in [3.8, 4) is 11.3 Å². The Bertz CT molecular complexity index is 1220. The predicted molar refractivity (Wildman–Crippen MR) is 105 cm³/mol. The van der Waals surface area contributed by atoms with E-state index in [1.165, 1.54) is 12.1 Å². The van der Waals surface area contributed by atoms with Crippen molar-refractivity contribution in [1.82, 2.24) is 14.4 Å². The highest BCUT2D eigenvalue weighted by Gasteiger charge is 2.22. The largest absolute Gasteiger partial charge is 0.266 e. The first kappa shape index (κ1) is 17.5. The van der Waals surface area contributed by atoms with Crippen LogP contribution in [-0.4, -0.2) is 22.8 Å². The Hall–Kier alpha value is -2.90. The van der Waals surface area contributed by atoms with Crippen LogP contribution in [0.5, 0.6) is 0 Å². The molecule has 0 aliphatic heterocycles. The molecule has 0 bridgehead atoms. The number of halogens is 1. The Morgan fingerprint density at radius 1 is 0.963 bits per heavy atom. The van der Waals surface area contributed by atoms with Gasteiger partial charge in [-0.3, -0.25) is 9.12 Å². The fourth-order valence-electron chi connectivity index (χ4n) is 2.86. The van der Waals surface area contributed by atoms with Gasteiger partial charge in [0.05, 0.1) is 4.90 Å². The van der Waals surface area contributed by atoms with Crippen LogP contribution in [0.1, 0.15) is 5.69 Å². The molecule has 0 saturated carbocycles. The van der Waals surface area contributed by atoms with Crippen molar-refractivity contribution in [2.75, 3.05) is 4.72 Å². The van der Waals surface area contributed by atoms with Gasteiger partial charge in [-0.2, -0.15) is 0 Å². The summed E-state index contributed by atoms with van der Waals surface area (Å²) < 4.78 is 30.1. The van der Waals surface area contributed by atoms with E-state index in [0.29, 0.717) is 28.1 Å². The third-order valence-corrected chi connectivity index (χ3v) is 5.63. The number of nitrogens with zero attached hydrogens (tertiary/aromatic N) is 3. The predicted octanol–water partition coefficient (Wildman–Crippen LogP) is 4.16. The summed E-state index contributed by atoms with van der Waals surface area (Å²) in [5.41, 5.74) is 1.96. The molecule has 0 saturated heterocycles. The second-order valence-corrected chi connectivity index (χ2v) is 8.02. The maximum absolute atomic E-state index is 12.9. The number of aromatic nitrogens is 3. The normalized spacial score (nSPS) is 11.6. The second-order valence-electron chi connectivity index (χ2n) is 5.95. The molecule has 0 amide bonds. The Labute approximate surface area is 161 Å². The topological polar surface area (TPSA) is 76.4 Å². The minimum Gasteiger partial charge on any atom is -0.266 e. The van der Waals surface area contributed by atoms with Crippen molar-refractivity contribution >= 4 is 33.2 Å². The highest BCUT2D eigenvalue weighted by molar-refractivity contribution is 7.92. The van der Waals surface area contributed by atoms with Gasteiger partial charge in [0, 0.05) is 11.3 Å². The molecular weight excluding hydrogens is 384 g/mol. The smallest absolute Gasteiger partial charge is 0.263 e. The van der Waals surface area contributed by atoms with E-state index in [1.807, 2.05) is 37.3 Å². The summed E-state index contributed by atoms with van der Waals surface area (Å²) in [7, 11) is -3.80. The molecule has 0 atom stereocenters. The lowest BCUT2D eigenvalue weighted by molar-refractivity contribution is 0.601. The molecule has 0 aliphatic rings. The number of nitrogens with one attached hydrogen (secondary N) is 1. The molecule has 27 heavy (non-hydrogen) atoms. The average Bonchev–Trinajstić information content (AvgIpc) is 3.01. The molecule has 0 aliphatic carbocycles. The summed E-state index contributed by atoms with van der Waals surface area (Å²) in [5.74, 6) is 0.645. The van der Waals surface area contributed by atoms with Gasteiger partial charge < -0.3 is 0 Å². The summed E-state index contributed by atoms with van der Waals surface area (Å²) in [6.45, 7) is 1.82. The Morgan fingerprint density at radius 3 is 2.26 bits per heavy atom. The molecule has 2 aromatic carbocycles. The van der Waals surface area contributed by atoms with Gasteiger partial charge in [-0.1, -0.05) is 60.1 Å². The summed E-state index contributed by atoms with van der Waals surface area (Å²) >= 11 is 6.06. The second kappa shape index (κ2) is 6.68. The molecule has 1 N–H and O–H groups in total. The van der Waals surface area contributed by atoms with Gasteiger partial charge in [0.1, 0.15) is 10.8 Å². The van der Waals surface area contributed by atoms with Gasteiger partial charge in [-0.25, -0.2) is 18.4 Å². The van der Waals surface area contributed by atoms with E-state index in [0.717, 1.165) is 5.56 Å². The number of aryl methyl sites for hydroxylation is 1. The van der Waals surface area contributed by atoms with E-state index in [1.54, 1.807) is 28.7 Å². The van der Waals surface area contributed by atoms with Crippen molar-refractivity contribution < 1.29 is 8.42 Å². The first-order chi connectivity index (χ1) is 13.0. The number of hydrogen-bond acceptors (Lipinski definition) is 4. The van der Waals surface area contributed by atoms with Crippen molar-refractivity contribution in [2.45, 2.75) is 11.8 Å². The van der Waals surface area contributed by atoms with E-state index < -0.39 is 10.0 Å². The number of rotatable bonds is 4. The molecule has 136 valence electrons. The van der Waals surface area contributed by atoms with E-state index in [4.69, 9.17) is 11.6 Å². The first-order valence-electron chi connectivity index (χ1n) is 8.14. The van der Waals surface area contributed by atoms with E-state index in [9.17, 15) is 8.42 Å². The Morgan fingerprint density at radius 2 is 1.59 bits per heavy atom. The minimum absolute atomic E-state index is 0.165. The lowest BCUT2D eigenvalue weighted by Crippen LogP contribution is -2.15. The lowest BCUT2D eigenvalue weighted by atomic mass is 10.1. The van der Waals surface area contributed by atoms with Crippen LogP contribution in [0.3, 0.4) is 0 Å². The third kappa shape index (κ3) is 3.27. The van der Waals surface area contributed by atoms with E-state index in [-0.39, 0.29) is 4.90 Å². The molecule has 2 aromatic heterocycles. The highest BCUT2D eigenvalue weighted by atomic mass is 35.5. The number of hydrogen-bond donors (Lipinski definition) is 1. The van der Waals surface area contributed by atoms with Crippen LogP contribution < -0.4 is 4.72 Å². The van der Waals surface area contributed by atoms with Gasteiger partial charge >= 0.3 is 0 Å². The zero-order valence-electron chi connectivity index (χ0n) is 14.3. The standard InChI is InChI=1S/C19H15ClN4O2S/c1-13-12-16(20)21-19-22-17(14-8-4-2-5-9-14)18(24(13)19)23-27(25,26)15-10-6-3-7-11-15/h2-12,23H,1H3. The SMILES string of the molecule is Cc1cc(Cl)nc2nc(-c3ccccc3)c(NS(=O)(=O)c3ccccc3)n12. The molecule has 0 unspecified atom stereocenters. The van der Waals surface area contributed by atoms with Crippen LogP contribution in [0.25, 0.3) is 17.0 Å². The van der Waals surface area contributed by atoms with Crippen molar-refractivity contribution in [1.29, 1.82) is 0 Å². The fourth-order valence-corrected chi connectivity index (χ4v) is 4.17. The molecule has 6 nitrogen and oxygen atoms in total. The quantitative estimate of drug-likeness (QED) is 0.524. The van der Waals surface area contributed by atoms with Gasteiger partial charge in [-0.15, -0.1) is 0 Å². The van der Waals surface area contributed by atoms with E-state index >= 15 is 0 Å². The molecule has 0 fully saturated rings. The zero-order chi connectivity index (χ0) is 19.0. The number of imidazole rings is 1. The Balaban J connectivity index is 1.95. The van der Waals surface area contributed by atoms with Crippen LogP contribution in [0.2, 0.25) is 5.15 Å². The molecule has 4 rings (SSSR count). The molecule has 4 aromatic rings. The van der Waals surface area contributed by atoms with Crippen molar-refractivity contribution in [2.24, 2.45) is 0 Å². The molecule has 8 heteroatoms. The monoisotopic (exact) mass is 398 g/mol. The number of anilines is 1. The maximum Gasteiger partial charge on any atom is 0.263 e. The third-order valence-electron chi connectivity index (χ3n) is 4.08. The molecular formula is C19H15ClN4O2S. The number of fused-ring (bicyclic) bond motifs is 1. The van der Waals surface area contributed by atoms with Gasteiger partial charge in [-0.05, 0) is 25.1 Å². The van der Waals surface area contributed by atoms with Crippen LogP contribution in [0.4, 0.5) is 5.82 Å². The zero-order valence-corrected chi connectivity index (χ0v) is 15.9. The fraction of sp³-hybridized carbons (Fsp3) is 0.0526. The van der Waals surface area contributed by atoms with Gasteiger partial charge in [0.2, 0.25) is 5.78 Å². The average molecular weight is 399 g/mol. The summed E-state index contributed by atoms with van der Waals surface area (Å²) in [6, 6.07) is 19.2. The van der Waals surface area contributed by atoms with Crippen LogP contribution in [0.15, 0.2) is 71.6 Å². The lowest BCUT2D eigenvalue weighted by Gasteiger charge is -2.11. The first-order valence-corrected chi connectivity index (χ1v) is 10.0. The highest BCUT2D eigenvalue weighted by Crippen LogP contribution is 2.31. The number of sulfonamides is 1. The van der Waals surface area contributed by atoms with Gasteiger partial charge in [0.15, 0.2) is 5.82 Å². The summed E-state index contributed by atoms with van der Waals surface area (Å²) in [4.78, 5) is 8.92. The molecule has 2 heterocycles. The molecule has 0 radical (unpaired) electrons. The van der Waals surface area contributed by atoms with Crippen LogP contribution >= 0.6 is 11.6 Å². The summed E-state index contributed by atoms with van der Waals surface area (Å²) in [5, 5.41) is 0.294. The van der Waals surface area contributed by atoms with E-state index in [2.05, 4.69) is 14.7 Å². The Kier molecular flexibility index (Phi) is 4.33.